The zero-order valence-electron chi connectivity index (χ0n) is 8.99. The van der Waals surface area contributed by atoms with Gasteiger partial charge in [-0.2, -0.15) is 0 Å². The smallest absolute Gasteiger partial charge is 0.239 e. The van der Waals surface area contributed by atoms with Crippen molar-refractivity contribution in [2.75, 3.05) is 13.1 Å². The number of carbonyl (C=O) groups is 1. The first-order valence-corrected chi connectivity index (χ1v) is 5.29. The maximum absolute atomic E-state index is 11.6. The molecule has 0 spiro atoms. The summed E-state index contributed by atoms with van der Waals surface area (Å²) in [5, 5.41) is 9.72. The van der Waals surface area contributed by atoms with Crippen molar-refractivity contribution < 1.29 is 9.90 Å². The number of aliphatic hydroxyl groups is 1. The van der Waals surface area contributed by atoms with E-state index in [0.29, 0.717) is 19.5 Å². The minimum absolute atomic E-state index is 0.0232. The fourth-order valence-corrected chi connectivity index (χ4v) is 1.71. The van der Waals surface area contributed by atoms with Gasteiger partial charge in [0.05, 0.1) is 24.7 Å². The molecule has 1 rings (SSSR count). The van der Waals surface area contributed by atoms with Crippen LogP contribution in [-0.2, 0) is 4.79 Å². The number of likely N-dealkylation sites (tertiary alicyclic amines) is 1. The Balaban J connectivity index is 2.36. The molecule has 1 unspecified atom stereocenters. The van der Waals surface area contributed by atoms with Crippen LogP contribution in [0, 0.1) is 0 Å². The van der Waals surface area contributed by atoms with E-state index in [0.717, 1.165) is 12.8 Å². The highest BCUT2D eigenvalue weighted by Crippen LogP contribution is 2.24. The average molecular weight is 200 g/mol. The van der Waals surface area contributed by atoms with E-state index in [1.54, 1.807) is 4.90 Å². The lowest BCUT2D eigenvalue weighted by Gasteiger charge is -2.46. The van der Waals surface area contributed by atoms with Crippen LogP contribution in [0.15, 0.2) is 0 Å². The van der Waals surface area contributed by atoms with Gasteiger partial charge in [-0.05, 0) is 12.8 Å². The first kappa shape index (κ1) is 11.5. The van der Waals surface area contributed by atoms with Gasteiger partial charge in [-0.15, -0.1) is 0 Å². The van der Waals surface area contributed by atoms with Crippen molar-refractivity contribution in [3.05, 3.63) is 0 Å². The van der Waals surface area contributed by atoms with Gasteiger partial charge >= 0.3 is 0 Å². The second kappa shape index (κ2) is 4.28. The largest absolute Gasteiger partial charge is 0.386 e. The third kappa shape index (κ3) is 2.25. The highest BCUT2D eigenvalue weighted by atomic mass is 16.3. The maximum Gasteiger partial charge on any atom is 0.239 e. The average Bonchev–Trinajstić information content (AvgIpc) is 2.12. The Kier molecular flexibility index (Phi) is 3.50. The zero-order chi connectivity index (χ0) is 10.8. The molecule has 1 atom stereocenters. The molecule has 0 radical (unpaired) electrons. The van der Waals surface area contributed by atoms with Gasteiger partial charge in [-0.3, -0.25) is 4.79 Å². The van der Waals surface area contributed by atoms with Gasteiger partial charge in [-0.25, -0.2) is 0 Å². The summed E-state index contributed by atoms with van der Waals surface area (Å²) in [5.41, 5.74) is 5.04. The molecule has 14 heavy (non-hydrogen) atoms. The summed E-state index contributed by atoms with van der Waals surface area (Å²) in [6.07, 6.45) is 2.33. The van der Waals surface area contributed by atoms with Gasteiger partial charge < -0.3 is 15.7 Å². The molecule has 0 aromatic heterocycles. The second-order valence-corrected chi connectivity index (χ2v) is 4.17. The highest BCUT2D eigenvalue weighted by molar-refractivity contribution is 5.82. The van der Waals surface area contributed by atoms with Crippen LogP contribution < -0.4 is 5.73 Å². The van der Waals surface area contributed by atoms with E-state index in [9.17, 15) is 9.90 Å². The van der Waals surface area contributed by atoms with E-state index in [2.05, 4.69) is 0 Å². The van der Waals surface area contributed by atoms with Crippen LogP contribution in [0.2, 0.25) is 0 Å². The van der Waals surface area contributed by atoms with Crippen molar-refractivity contribution in [3.63, 3.8) is 0 Å². The fraction of sp³-hybridized carbons (Fsp3) is 0.900. The first-order valence-electron chi connectivity index (χ1n) is 5.29. The van der Waals surface area contributed by atoms with Crippen LogP contribution in [0.3, 0.4) is 0 Å². The minimum Gasteiger partial charge on any atom is -0.386 e. The van der Waals surface area contributed by atoms with Crippen LogP contribution in [0.1, 0.15) is 33.1 Å². The van der Waals surface area contributed by atoms with E-state index in [-0.39, 0.29) is 11.9 Å². The molecular weight excluding hydrogens is 180 g/mol. The number of nitrogens with zero attached hydrogens (tertiary/aromatic N) is 1. The molecule has 1 saturated heterocycles. The Hall–Kier alpha value is -0.610. The molecule has 4 heteroatoms. The lowest BCUT2D eigenvalue weighted by atomic mass is 9.90. The number of rotatable bonds is 4. The van der Waals surface area contributed by atoms with Crippen molar-refractivity contribution in [2.24, 2.45) is 5.73 Å². The summed E-state index contributed by atoms with van der Waals surface area (Å²) >= 11 is 0. The second-order valence-electron chi connectivity index (χ2n) is 4.17. The molecule has 0 saturated carbocycles. The standard InChI is InChI=1S/C10H20N2O2/c1-3-5-8(11)9(13)12-6-10(14,4-2)7-12/h8,14H,3-7,11H2,1-2H3. The lowest BCUT2D eigenvalue weighted by molar-refractivity contribution is -0.157. The fourth-order valence-electron chi connectivity index (χ4n) is 1.71. The Labute approximate surface area is 85.1 Å². The summed E-state index contributed by atoms with van der Waals surface area (Å²) in [5.74, 6) is -0.0232. The summed E-state index contributed by atoms with van der Waals surface area (Å²) in [6.45, 7) is 4.82. The topological polar surface area (TPSA) is 66.6 Å². The molecule has 0 aromatic rings. The zero-order valence-corrected chi connectivity index (χ0v) is 8.99. The molecule has 1 aliphatic rings. The van der Waals surface area contributed by atoms with Crippen molar-refractivity contribution in [3.8, 4) is 0 Å². The summed E-state index contributed by atoms with van der Waals surface area (Å²) < 4.78 is 0. The molecule has 0 aliphatic carbocycles. The monoisotopic (exact) mass is 200 g/mol. The van der Waals surface area contributed by atoms with Gasteiger partial charge in [0, 0.05) is 0 Å². The SMILES string of the molecule is CCCC(N)C(=O)N1CC(O)(CC)C1. The molecule has 0 bridgehead atoms. The van der Waals surface area contributed by atoms with Crippen LogP contribution in [0.5, 0.6) is 0 Å². The first-order chi connectivity index (χ1) is 6.52. The summed E-state index contributed by atoms with van der Waals surface area (Å²) in [6, 6.07) is -0.388. The lowest BCUT2D eigenvalue weighted by Crippen LogP contribution is -2.65. The van der Waals surface area contributed by atoms with E-state index in [1.807, 2.05) is 13.8 Å². The Morgan fingerprint density at radius 2 is 2.14 bits per heavy atom. The van der Waals surface area contributed by atoms with Gasteiger partial charge in [0.15, 0.2) is 0 Å². The molecule has 1 fully saturated rings. The minimum atomic E-state index is -0.651. The Morgan fingerprint density at radius 3 is 2.57 bits per heavy atom. The number of nitrogens with two attached hydrogens (primary N) is 1. The summed E-state index contributed by atoms with van der Waals surface area (Å²) in [7, 11) is 0. The van der Waals surface area contributed by atoms with Crippen LogP contribution in [-0.4, -0.2) is 40.6 Å². The highest BCUT2D eigenvalue weighted by Gasteiger charge is 2.42. The van der Waals surface area contributed by atoms with E-state index in [1.165, 1.54) is 0 Å². The van der Waals surface area contributed by atoms with Crippen molar-refractivity contribution in [1.82, 2.24) is 4.90 Å². The molecular formula is C10H20N2O2. The molecule has 3 N–H and O–H groups in total. The number of carbonyl (C=O) groups excluding carboxylic acids is 1. The quantitative estimate of drug-likeness (QED) is 0.676. The molecule has 82 valence electrons. The maximum atomic E-state index is 11.6. The number of hydrogen-bond acceptors (Lipinski definition) is 3. The number of β-amino-alcohol motifs (C(OH)–C–C–N with tert-alkyl or cyclic N) is 1. The third-order valence-electron chi connectivity index (χ3n) is 2.86. The molecule has 1 heterocycles. The third-order valence-corrected chi connectivity index (χ3v) is 2.86. The number of hydrogen-bond donors (Lipinski definition) is 2. The van der Waals surface area contributed by atoms with E-state index < -0.39 is 5.60 Å². The predicted octanol–water partition coefficient (Wildman–Crippen LogP) is 0.0971. The van der Waals surface area contributed by atoms with Crippen LogP contribution in [0.25, 0.3) is 0 Å². The van der Waals surface area contributed by atoms with Gasteiger partial charge in [-0.1, -0.05) is 20.3 Å². The molecule has 1 aliphatic heterocycles. The Bertz CT molecular complexity index is 212. The van der Waals surface area contributed by atoms with Crippen molar-refractivity contribution in [2.45, 2.75) is 44.8 Å². The van der Waals surface area contributed by atoms with Crippen LogP contribution in [0.4, 0.5) is 0 Å². The van der Waals surface area contributed by atoms with E-state index >= 15 is 0 Å². The van der Waals surface area contributed by atoms with E-state index in [4.69, 9.17) is 5.73 Å². The predicted molar refractivity (Wildman–Crippen MR) is 54.7 cm³/mol. The molecule has 0 aromatic carbocycles. The van der Waals surface area contributed by atoms with Crippen LogP contribution >= 0.6 is 0 Å². The van der Waals surface area contributed by atoms with Crippen molar-refractivity contribution in [1.29, 1.82) is 0 Å². The molecule has 1 amide bonds. The van der Waals surface area contributed by atoms with Crippen molar-refractivity contribution >= 4 is 5.91 Å². The van der Waals surface area contributed by atoms with Gasteiger partial charge in [0.1, 0.15) is 0 Å². The molecule has 4 nitrogen and oxygen atoms in total. The number of amides is 1. The van der Waals surface area contributed by atoms with Gasteiger partial charge in [0.25, 0.3) is 0 Å². The van der Waals surface area contributed by atoms with Gasteiger partial charge in [0.2, 0.25) is 5.91 Å². The normalized spacial score (nSPS) is 21.6. The summed E-state index contributed by atoms with van der Waals surface area (Å²) in [4.78, 5) is 13.3. The Morgan fingerprint density at radius 1 is 1.57 bits per heavy atom.